The monoisotopic (exact) mass is 156 g/mol. The Labute approximate surface area is 63.3 Å². The quantitative estimate of drug-likeness (QED) is 0.482. The zero-order valence-electron chi connectivity index (χ0n) is 5.07. The van der Waals surface area contributed by atoms with Crippen LogP contribution in [-0.4, -0.2) is 10.7 Å². The zero-order chi connectivity index (χ0) is 7.23. The molecular weight excluding hydrogens is 152 g/mol. The second-order valence-electron chi connectivity index (χ2n) is 1.46. The molecule has 10 heavy (non-hydrogen) atoms. The Kier molecular flexibility index (Phi) is 2.70. The molecule has 1 rings (SSSR count). The molecule has 4 heteroatoms. The van der Waals surface area contributed by atoms with Gasteiger partial charge < -0.3 is 4.84 Å². The molecule has 0 saturated carbocycles. The maximum absolute atomic E-state index is 5.11. The number of hydrogen-bond donors (Lipinski definition) is 0. The largest absolute Gasteiger partial charge is 0.336 e. The van der Waals surface area contributed by atoms with Crippen LogP contribution in [0.1, 0.15) is 0 Å². The first-order valence-corrected chi connectivity index (χ1v) is 3.07. The van der Waals surface area contributed by atoms with Gasteiger partial charge in [-0.3, -0.25) is 0 Å². The van der Waals surface area contributed by atoms with Crippen LogP contribution in [0.5, 0.6) is 5.88 Å². The van der Waals surface area contributed by atoms with Gasteiger partial charge in [0.05, 0.1) is 0 Å². The Bertz CT molecular complexity index is 212. The molecular formula is C6H5ClN2O. The van der Waals surface area contributed by atoms with Crippen molar-refractivity contribution in [2.24, 2.45) is 5.16 Å². The lowest BCUT2D eigenvalue weighted by Crippen LogP contribution is -1.83. The SMILES string of the molecule is Cl/C=N\Oc1ccccn1. The standard InChI is InChI=1S/C6H5ClN2O/c7-5-9-10-6-3-1-2-4-8-6/h1-5H/b9-5-. The highest BCUT2D eigenvalue weighted by molar-refractivity contribution is 6.56. The molecule has 0 atom stereocenters. The van der Waals surface area contributed by atoms with Gasteiger partial charge in [0.25, 0.3) is 0 Å². The number of pyridine rings is 1. The number of aromatic nitrogens is 1. The van der Waals surface area contributed by atoms with E-state index in [1.807, 2.05) is 0 Å². The van der Waals surface area contributed by atoms with E-state index < -0.39 is 0 Å². The van der Waals surface area contributed by atoms with Crippen LogP contribution < -0.4 is 4.84 Å². The summed E-state index contributed by atoms with van der Waals surface area (Å²) in [6.07, 6.45) is 1.61. The molecule has 3 nitrogen and oxygen atoms in total. The average Bonchev–Trinajstić information content (AvgIpc) is 2.03. The molecule has 0 aromatic carbocycles. The fourth-order valence-corrected chi connectivity index (χ4v) is 0.515. The van der Waals surface area contributed by atoms with E-state index in [2.05, 4.69) is 15.0 Å². The van der Waals surface area contributed by atoms with Gasteiger partial charge in [0, 0.05) is 12.3 Å². The summed E-state index contributed by atoms with van der Waals surface area (Å²) in [5, 5.41) is 3.32. The summed E-state index contributed by atoms with van der Waals surface area (Å²) in [5.74, 6) is 0.430. The van der Waals surface area contributed by atoms with Crippen molar-refractivity contribution in [3.8, 4) is 5.88 Å². The molecule has 0 bridgehead atoms. The van der Waals surface area contributed by atoms with Gasteiger partial charge in [-0.1, -0.05) is 22.8 Å². The van der Waals surface area contributed by atoms with E-state index in [-0.39, 0.29) is 0 Å². The summed E-state index contributed by atoms with van der Waals surface area (Å²) >= 11 is 5.11. The fourth-order valence-electron chi connectivity index (χ4n) is 0.475. The van der Waals surface area contributed by atoms with E-state index >= 15 is 0 Å². The summed E-state index contributed by atoms with van der Waals surface area (Å²) in [6, 6.07) is 5.27. The number of nitrogens with zero attached hydrogens (tertiary/aromatic N) is 2. The van der Waals surface area contributed by atoms with Gasteiger partial charge in [-0.2, -0.15) is 0 Å². The van der Waals surface area contributed by atoms with Crippen molar-refractivity contribution in [2.45, 2.75) is 0 Å². The Balaban J connectivity index is 2.59. The summed E-state index contributed by atoms with van der Waals surface area (Å²) in [4.78, 5) is 8.50. The molecule has 0 saturated heterocycles. The van der Waals surface area contributed by atoms with Crippen molar-refractivity contribution in [2.75, 3.05) is 0 Å². The molecule has 1 aromatic rings. The minimum absolute atomic E-state index is 0.430. The van der Waals surface area contributed by atoms with E-state index in [4.69, 9.17) is 11.6 Å². The minimum Gasteiger partial charge on any atom is -0.336 e. The van der Waals surface area contributed by atoms with Crippen LogP contribution in [0.4, 0.5) is 0 Å². The minimum atomic E-state index is 0.430. The van der Waals surface area contributed by atoms with Gasteiger partial charge in [-0.25, -0.2) is 4.98 Å². The van der Waals surface area contributed by atoms with Gasteiger partial charge in [0.15, 0.2) is 0 Å². The van der Waals surface area contributed by atoms with Crippen LogP contribution in [0.3, 0.4) is 0 Å². The van der Waals surface area contributed by atoms with Crippen molar-refractivity contribution >= 4 is 17.3 Å². The van der Waals surface area contributed by atoms with E-state index in [9.17, 15) is 0 Å². The highest BCUT2D eigenvalue weighted by atomic mass is 35.5. The van der Waals surface area contributed by atoms with E-state index in [1.165, 1.54) is 0 Å². The van der Waals surface area contributed by atoms with Crippen LogP contribution in [-0.2, 0) is 0 Å². The van der Waals surface area contributed by atoms with Gasteiger partial charge in [-0.15, -0.1) is 0 Å². The van der Waals surface area contributed by atoms with Gasteiger partial charge in [-0.05, 0) is 6.07 Å². The van der Waals surface area contributed by atoms with Crippen molar-refractivity contribution in [1.82, 2.24) is 4.98 Å². The third kappa shape index (κ3) is 2.03. The molecule has 0 amide bonds. The van der Waals surface area contributed by atoms with Crippen LogP contribution in [0.25, 0.3) is 0 Å². The summed E-state index contributed by atoms with van der Waals surface area (Å²) in [7, 11) is 0. The number of halogens is 1. The number of oxime groups is 1. The predicted octanol–water partition coefficient (Wildman–Crippen LogP) is 1.64. The maximum Gasteiger partial charge on any atom is 0.248 e. The molecule has 0 aliphatic carbocycles. The average molecular weight is 157 g/mol. The molecule has 0 unspecified atom stereocenters. The smallest absolute Gasteiger partial charge is 0.248 e. The first-order chi connectivity index (χ1) is 4.93. The lowest BCUT2D eigenvalue weighted by atomic mass is 10.5. The maximum atomic E-state index is 5.11. The molecule has 52 valence electrons. The van der Waals surface area contributed by atoms with Crippen molar-refractivity contribution in [3.05, 3.63) is 24.4 Å². The number of hydrogen-bond acceptors (Lipinski definition) is 3. The third-order valence-electron chi connectivity index (χ3n) is 0.824. The second-order valence-corrected chi connectivity index (χ2v) is 1.66. The highest BCUT2D eigenvalue weighted by Gasteiger charge is 1.86. The Morgan fingerprint density at radius 1 is 1.60 bits per heavy atom. The number of rotatable bonds is 2. The van der Waals surface area contributed by atoms with E-state index in [1.54, 1.807) is 24.4 Å². The first-order valence-electron chi connectivity index (χ1n) is 2.63. The lowest BCUT2D eigenvalue weighted by Gasteiger charge is -1.91. The molecule has 0 aliphatic rings. The Morgan fingerprint density at radius 3 is 3.10 bits per heavy atom. The zero-order valence-corrected chi connectivity index (χ0v) is 5.82. The van der Waals surface area contributed by atoms with Gasteiger partial charge in [0.2, 0.25) is 5.88 Å². The second kappa shape index (κ2) is 3.85. The Morgan fingerprint density at radius 2 is 2.50 bits per heavy atom. The van der Waals surface area contributed by atoms with Crippen LogP contribution in [0.15, 0.2) is 29.6 Å². The van der Waals surface area contributed by atoms with Gasteiger partial charge >= 0.3 is 0 Å². The lowest BCUT2D eigenvalue weighted by molar-refractivity contribution is 0.331. The van der Waals surface area contributed by atoms with Crippen molar-refractivity contribution in [3.63, 3.8) is 0 Å². The molecule has 0 radical (unpaired) electrons. The molecule has 0 aliphatic heterocycles. The van der Waals surface area contributed by atoms with E-state index in [0.29, 0.717) is 5.88 Å². The third-order valence-corrected chi connectivity index (χ3v) is 0.904. The molecule has 0 N–H and O–H groups in total. The highest BCUT2D eigenvalue weighted by Crippen LogP contribution is 2.02. The van der Waals surface area contributed by atoms with Crippen LogP contribution in [0.2, 0.25) is 0 Å². The van der Waals surface area contributed by atoms with Crippen LogP contribution >= 0.6 is 11.6 Å². The summed E-state index contributed by atoms with van der Waals surface area (Å²) in [5.41, 5.74) is 1.04. The van der Waals surface area contributed by atoms with Gasteiger partial charge in [0.1, 0.15) is 5.67 Å². The fraction of sp³-hybridized carbons (Fsp3) is 0. The normalized spacial score (nSPS) is 10.1. The van der Waals surface area contributed by atoms with E-state index in [0.717, 1.165) is 5.67 Å². The summed E-state index contributed by atoms with van der Waals surface area (Å²) in [6.45, 7) is 0. The molecule has 0 fully saturated rings. The van der Waals surface area contributed by atoms with Crippen molar-refractivity contribution < 1.29 is 4.84 Å². The topological polar surface area (TPSA) is 34.5 Å². The molecule has 1 aromatic heterocycles. The van der Waals surface area contributed by atoms with Crippen molar-refractivity contribution in [1.29, 1.82) is 0 Å². The molecule has 1 heterocycles. The Hall–Kier alpha value is -1.09. The van der Waals surface area contributed by atoms with Crippen LogP contribution in [0, 0.1) is 0 Å². The summed E-state index contributed by atoms with van der Waals surface area (Å²) < 4.78 is 0. The first kappa shape index (κ1) is 7.02. The molecule has 0 spiro atoms. The predicted molar refractivity (Wildman–Crippen MR) is 39.2 cm³/mol.